The molecule has 1 amide bonds. The maximum Gasteiger partial charge on any atom is 0.245 e. The van der Waals surface area contributed by atoms with E-state index in [1.807, 2.05) is 36.1 Å². The minimum atomic E-state index is -0.221. The Morgan fingerprint density at radius 3 is 2.33 bits per heavy atom. The Hall–Kier alpha value is -1.71. The number of benzene rings is 1. The summed E-state index contributed by atoms with van der Waals surface area (Å²) in [6, 6.07) is 8.11. The van der Waals surface area contributed by atoms with E-state index in [1.165, 1.54) is 6.42 Å². The predicted octanol–water partition coefficient (Wildman–Crippen LogP) is 3.29. The lowest BCUT2D eigenvalue weighted by Gasteiger charge is -2.40. The van der Waals surface area contributed by atoms with Crippen molar-refractivity contribution in [1.29, 1.82) is 0 Å². The van der Waals surface area contributed by atoms with Crippen LogP contribution in [0.5, 0.6) is 5.75 Å². The van der Waals surface area contributed by atoms with E-state index in [-0.39, 0.29) is 11.9 Å². The number of nitrogens with zero attached hydrogens (tertiary/aromatic N) is 1. The number of likely N-dealkylation sites (tertiary alicyclic amines) is 1. The van der Waals surface area contributed by atoms with Gasteiger partial charge in [0.1, 0.15) is 11.8 Å². The van der Waals surface area contributed by atoms with Crippen molar-refractivity contribution in [2.45, 2.75) is 58.2 Å². The van der Waals surface area contributed by atoms with Crippen LogP contribution in [0.25, 0.3) is 0 Å². The first-order valence-electron chi connectivity index (χ1n) is 7.75. The molecule has 3 atom stereocenters. The van der Waals surface area contributed by atoms with Gasteiger partial charge in [0.15, 0.2) is 0 Å². The van der Waals surface area contributed by atoms with Crippen LogP contribution in [0, 0.1) is 0 Å². The molecular formula is C17H26N2O2. The molecule has 1 heterocycles. The summed E-state index contributed by atoms with van der Waals surface area (Å²) >= 11 is 0. The molecule has 0 aliphatic carbocycles. The lowest BCUT2D eigenvalue weighted by Crippen LogP contribution is -2.52. The number of carbonyl (C=O) groups is 1. The highest BCUT2D eigenvalue weighted by Gasteiger charge is 2.31. The van der Waals surface area contributed by atoms with Crippen LogP contribution in [0.15, 0.2) is 24.3 Å². The van der Waals surface area contributed by atoms with Crippen molar-refractivity contribution in [1.82, 2.24) is 4.90 Å². The third-order valence-electron chi connectivity index (χ3n) is 4.29. The fourth-order valence-electron chi connectivity index (χ4n) is 3.08. The van der Waals surface area contributed by atoms with Crippen LogP contribution in [0.2, 0.25) is 0 Å². The Balaban J connectivity index is 2.01. The molecule has 21 heavy (non-hydrogen) atoms. The van der Waals surface area contributed by atoms with Crippen molar-refractivity contribution in [3.8, 4) is 5.75 Å². The van der Waals surface area contributed by atoms with Gasteiger partial charge < -0.3 is 15.0 Å². The lowest BCUT2D eigenvalue weighted by molar-refractivity contribution is -0.137. The number of amides is 1. The van der Waals surface area contributed by atoms with Crippen molar-refractivity contribution in [3.63, 3.8) is 0 Å². The van der Waals surface area contributed by atoms with Crippen molar-refractivity contribution in [2.75, 3.05) is 12.4 Å². The summed E-state index contributed by atoms with van der Waals surface area (Å²) in [5.41, 5.74) is 0.939. The first kappa shape index (κ1) is 15.7. The fourth-order valence-corrected chi connectivity index (χ4v) is 3.08. The molecule has 116 valence electrons. The number of carbonyl (C=O) groups excluding carboxylic acids is 1. The van der Waals surface area contributed by atoms with E-state index in [0.717, 1.165) is 24.3 Å². The zero-order valence-electron chi connectivity index (χ0n) is 13.4. The lowest BCUT2D eigenvalue weighted by atomic mass is 9.96. The highest BCUT2D eigenvalue weighted by molar-refractivity contribution is 5.85. The first-order chi connectivity index (χ1) is 10.0. The fraction of sp³-hybridized carbons (Fsp3) is 0.588. The Morgan fingerprint density at radius 2 is 1.81 bits per heavy atom. The zero-order chi connectivity index (χ0) is 15.4. The summed E-state index contributed by atoms with van der Waals surface area (Å²) in [6.45, 7) is 6.22. The van der Waals surface area contributed by atoms with Gasteiger partial charge in [0.25, 0.3) is 0 Å². The first-order valence-corrected chi connectivity index (χ1v) is 7.75. The molecule has 1 aliphatic heterocycles. The van der Waals surface area contributed by atoms with Gasteiger partial charge in [-0.1, -0.05) is 0 Å². The van der Waals surface area contributed by atoms with Crippen LogP contribution in [0.1, 0.15) is 40.0 Å². The summed E-state index contributed by atoms with van der Waals surface area (Å²) in [5, 5.41) is 3.28. The monoisotopic (exact) mass is 290 g/mol. The van der Waals surface area contributed by atoms with Crippen LogP contribution in [-0.2, 0) is 4.79 Å². The van der Waals surface area contributed by atoms with E-state index in [9.17, 15) is 4.79 Å². The van der Waals surface area contributed by atoms with Crippen LogP contribution >= 0.6 is 0 Å². The van der Waals surface area contributed by atoms with Gasteiger partial charge in [0.2, 0.25) is 5.91 Å². The number of hydrogen-bond donors (Lipinski definition) is 1. The molecule has 1 fully saturated rings. The molecule has 4 heteroatoms. The number of nitrogens with one attached hydrogen (secondary N) is 1. The van der Waals surface area contributed by atoms with Crippen molar-refractivity contribution >= 4 is 11.6 Å². The zero-order valence-corrected chi connectivity index (χ0v) is 13.4. The van der Waals surface area contributed by atoms with Crippen LogP contribution in [0.4, 0.5) is 5.69 Å². The molecule has 1 aromatic carbocycles. The summed E-state index contributed by atoms with van der Waals surface area (Å²) in [7, 11) is 1.65. The minimum Gasteiger partial charge on any atom is -0.497 e. The average molecular weight is 290 g/mol. The van der Waals surface area contributed by atoms with E-state index in [0.29, 0.717) is 12.1 Å². The van der Waals surface area contributed by atoms with Gasteiger partial charge in [-0.15, -0.1) is 0 Å². The van der Waals surface area contributed by atoms with E-state index >= 15 is 0 Å². The quantitative estimate of drug-likeness (QED) is 0.925. The number of ether oxygens (including phenoxy) is 1. The third-order valence-corrected chi connectivity index (χ3v) is 4.29. The predicted molar refractivity (Wildman–Crippen MR) is 85.7 cm³/mol. The highest BCUT2D eigenvalue weighted by atomic mass is 16.5. The molecule has 1 saturated heterocycles. The summed E-state index contributed by atoms with van der Waals surface area (Å²) in [4.78, 5) is 14.7. The number of piperidine rings is 1. The average Bonchev–Trinajstić information content (AvgIpc) is 2.47. The van der Waals surface area contributed by atoms with Crippen molar-refractivity contribution in [3.05, 3.63) is 24.3 Å². The Kier molecular flexibility index (Phi) is 5.10. The summed E-state index contributed by atoms with van der Waals surface area (Å²) < 4.78 is 5.14. The molecule has 0 aromatic heterocycles. The molecule has 0 unspecified atom stereocenters. The minimum absolute atomic E-state index is 0.186. The Morgan fingerprint density at radius 1 is 1.24 bits per heavy atom. The third kappa shape index (κ3) is 3.69. The molecule has 0 saturated carbocycles. The van der Waals surface area contributed by atoms with E-state index in [1.54, 1.807) is 7.11 Å². The van der Waals surface area contributed by atoms with E-state index in [2.05, 4.69) is 19.2 Å². The van der Waals surface area contributed by atoms with Crippen molar-refractivity contribution in [2.24, 2.45) is 0 Å². The number of anilines is 1. The molecular weight excluding hydrogens is 264 g/mol. The van der Waals surface area contributed by atoms with Crippen LogP contribution < -0.4 is 10.1 Å². The number of methoxy groups -OCH3 is 1. The molecule has 0 bridgehead atoms. The topological polar surface area (TPSA) is 41.6 Å². The maximum atomic E-state index is 12.7. The smallest absolute Gasteiger partial charge is 0.245 e. The van der Waals surface area contributed by atoms with E-state index < -0.39 is 0 Å². The molecule has 1 aliphatic rings. The van der Waals surface area contributed by atoms with E-state index in [4.69, 9.17) is 4.74 Å². The molecule has 4 nitrogen and oxygen atoms in total. The molecule has 1 aromatic rings. The summed E-state index contributed by atoms with van der Waals surface area (Å²) in [5.74, 6) is 1.00. The second-order valence-corrected chi connectivity index (χ2v) is 5.97. The Bertz CT molecular complexity index is 462. The molecule has 0 spiro atoms. The number of rotatable bonds is 4. The van der Waals surface area contributed by atoms with Gasteiger partial charge in [-0.05, 0) is 64.3 Å². The number of hydrogen-bond acceptors (Lipinski definition) is 3. The SMILES string of the molecule is COc1ccc(N[C@@H](C)C(=O)N2[C@H](C)CCC[C@@H]2C)cc1. The van der Waals surface area contributed by atoms with Gasteiger partial charge in [-0.25, -0.2) is 0 Å². The van der Waals surface area contributed by atoms with Gasteiger partial charge in [0.05, 0.1) is 7.11 Å². The molecule has 2 rings (SSSR count). The van der Waals surface area contributed by atoms with Crippen LogP contribution in [-0.4, -0.2) is 36.0 Å². The Labute approximate surface area is 127 Å². The van der Waals surface area contributed by atoms with Gasteiger partial charge in [0, 0.05) is 17.8 Å². The van der Waals surface area contributed by atoms with Gasteiger partial charge in [-0.3, -0.25) is 4.79 Å². The molecule has 1 N–H and O–H groups in total. The van der Waals surface area contributed by atoms with Crippen molar-refractivity contribution < 1.29 is 9.53 Å². The largest absolute Gasteiger partial charge is 0.497 e. The van der Waals surface area contributed by atoms with Crippen LogP contribution in [0.3, 0.4) is 0 Å². The maximum absolute atomic E-state index is 12.7. The second-order valence-electron chi connectivity index (χ2n) is 5.97. The van der Waals surface area contributed by atoms with Gasteiger partial charge >= 0.3 is 0 Å². The summed E-state index contributed by atoms with van der Waals surface area (Å²) in [6.07, 6.45) is 3.42. The molecule has 0 radical (unpaired) electrons. The standard InChI is InChI=1S/C17H26N2O2/c1-12-6-5-7-13(2)19(12)17(20)14(3)18-15-8-10-16(21-4)11-9-15/h8-14,18H,5-7H2,1-4H3/t12-,13+,14-/m0/s1. The highest BCUT2D eigenvalue weighted by Crippen LogP contribution is 2.24. The normalized spacial score (nSPS) is 23.5. The second kappa shape index (κ2) is 6.83. The van der Waals surface area contributed by atoms with Gasteiger partial charge in [-0.2, -0.15) is 0 Å².